The number of benzene rings is 2. The number of halogens is 1. The lowest BCUT2D eigenvalue weighted by molar-refractivity contribution is -0.131. The molecule has 0 fully saturated rings. The fraction of sp³-hybridized carbons (Fsp3) is 0.222. The molecule has 0 aliphatic heterocycles. The highest BCUT2D eigenvalue weighted by atomic mass is 19.1. The van der Waals surface area contributed by atoms with Crippen LogP contribution in [0.3, 0.4) is 0 Å². The average Bonchev–Trinajstić information content (AvgIpc) is 2.62. The maximum Gasteiger partial charge on any atom is 0.254 e. The Labute approximate surface area is 139 Å². The Morgan fingerprint density at radius 3 is 2.54 bits per heavy atom. The Morgan fingerprint density at radius 2 is 1.96 bits per heavy atom. The molecule has 1 unspecified atom stereocenters. The van der Waals surface area contributed by atoms with Crippen molar-refractivity contribution >= 4 is 5.91 Å². The predicted octanol–water partition coefficient (Wildman–Crippen LogP) is 2.71. The average molecular weight is 328 g/mol. The van der Waals surface area contributed by atoms with E-state index in [1.54, 1.807) is 30.3 Å². The van der Waals surface area contributed by atoms with E-state index in [4.69, 9.17) is 14.7 Å². The lowest BCUT2D eigenvalue weighted by atomic mass is 10.1. The minimum absolute atomic E-state index is 0.0554. The van der Waals surface area contributed by atoms with Crippen molar-refractivity contribution in [2.24, 2.45) is 0 Å². The third kappa shape index (κ3) is 3.89. The van der Waals surface area contributed by atoms with Crippen molar-refractivity contribution in [1.82, 2.24) is 5.32 Å². The van der Waals surface area contributed by atoms with Crippen LogP contribution < -0.4 is 10.1 Å². The van der Waals surface area contributed by atoms with E-state index in [1.807, 2.05) is 6.07 Å². The van der Waals surface area contributed by atoms with Crippen LogP contribution in [0, 0.1) is 17.1 Å². The smallest absolute Gasteiger partial charge is 0.254 e. The zero-order valence-corrected chi connectivity index (χ0v) is 13.4. The molecule has 0 aromatic heterocycles. The van der Waals surface area contributed by atoms with Crippen molar-refractivity contribution in [3.05, 3.63) is 65.0 Å². The van der Waals surface area contributed by atoms with Gasteiger partial charge in [0.15, 0.2) is 6.10 Å². The summed E-state index contributed by atoms with van der Waals surface area (Å²) in [6.07, 6.45) is -1.13. The molecule has 2 rings (SSSR count). The van der Waals surface area contributed by atoms with Gasteiger partial charge < -0.3 is 14.8 Å². The first kappa shape index (κ1) is 17.4. The summed E-state index contributed by atoms with van der Waals surface area (Å²) in [5.41, 5.74) is 1.41. The quantitative estimate of drug-likeness (QED) is 0.885. The first-order chi connectivity index (χ1) is 11.6. The molecular formula is C18H17FN2O3. The van der Waals surface area contributed by atoms with Crippen molar-refractivity contribution in [3.63, 3.8) is 0 Å². The van der Waals surface area contributed by atoms with E-state index in [2.05, 4.69) is 5.32 Å². The van der Waals surface area contributed by atoms with Gasteiger partial charge in [-0.05, 0) is 29.8 Å². The Kier molecular flexibility index (Phi) is 5.88. The normalized spacial score (nSPS) is 11.4. The minimum atomic E-state index is -1.13. The van der Waals surface area contributed by atoms with Crippen LogP contribution in [-0.4, -0.2) is 20.1 Å². The molecule has 0 saturated carbocycles. The molecule has 0 saturated heterocycles. The SMILES string of the molecule is COc1cccc(F)c1C(OC)C(=O)NCc1ccc(C#N)cc1. The summed E-state index contributed by atoms with van der Waals surface area (Å²) in [7, 11) is 2.73. The Balaban J connectivity index is 2.13. The zero-order valence-electron chi connectivity index (χ0n) is 13.4. The molecule has 124 valence electrons. The molecule has 6 heteroatoms. The number of nitriles is 1. The second-order valence-electron chi connectivity index (χ2n) is 5.00. The summed E-state index contributed by atoms with van der Waals surface area (Å²) in [4.78, 5) is 12.4. The molecule has 2 aromatic rings. The summed E-state index contributed by atoms with van der Waals surface area (Å²) < 4.78 is 24.4. The van der Waals surface area contributed by atoms with Gasteiger partial charge in [-0.1, -0.05) is 18.2 Å². The zero-order chi connectivity index (χ0) is 17.5. The third-order valence-electron chi connectivity index (χ3n) is 3.52. The number of methoxy groups -OCH3 is 2. The van der Waals surface area contributed by atoms with Gasteiger partial charge >= 0.3 is 0 Å². The molecular weight excluding hydrogens is 311 g/mol. The molecule has 1 atom stereocenters. The van der Waals surface area contributed by atoms with E-state index in [0.717, 1.165) is 5.56 Å². The van der Waals surface area contributed by atoms with E-state index in [9.17, 15) is 9.18 Å². The van der Waals surface area contributed by atoms with E-state index in [1.165, 1.54) is 26.4 Å². The van der Waals surface area contributed by atoms with Gasteiger partial charge in [0.2, 0.25) is 0 Å². The number of ether oxygens (including phenoxy) is 2. The number of hydrogen-bond acceptors (Lipinski definition) is 4. The van der Waals surface area contributed by atoms with E-state index >= 15 is 0 Å². The van der Waals surface area contributed by atoms with E-state index in [-0.39, 0.29) is 17.9 Å². The van der Waals surface area contributed by atoms with Gasteiger partial charge in [-0.15, -0.1) is 0 Å². The highest BCUT2D eigenvalue weighted by molar-refractivity contribution is 5.83. The Hall–Kier alpha value is -2.91. The standard InChI is InChI=1S/C18H17FN2O3/c1-23-15-5-3-4-14(19)16(15)17(24-2)18(22)21-11-13-8-6-12(10-20)7-9-13/h3-9,17H,11H2,1-2H3,(H,21,22). The number of nitrogens with zero attached hydrogens (tertiary/aromatic N) is 1. The van der Waals surface area contributed by atoms with E-state index < -0.39 is 17.8 Å². The largest absolute Gasteiger partial charge is 0.496 e. The molecule has 2 aromatic carbocycles. The van der Waals surface area contributed by atoms with Gasteiger partial charge in [0.25, 0.3) is 5.91 Å². The van der Waals surface area contributed by atoms with Gasteiger partial charge in [0, 0.05) is 13.7 Å². The number of carbonyl (C=O) groups excluding carboxylic acids is 1. The van der Waals surface area contributed by atoms with Crippen molar-refractivity contribution in [3.8, 4) is 11.8 Å². The predicted molar refractivity (Wildman–Crippen MR) is 85.7 cm³/mol. The van der Waals surface area contributed by atoms with Gasteiger partial charge in [0.05, 0.1) is 24.3 Å². The highest BCUT2D eigenvalue weighted by Gasteiger charge is 2.26. The van der Waals surface area contributed by atoms with Crippen LogP contribution in [0.25, 0.3) is 0 Å². The maximum atomic E-state index is 14.1. The van der Waals surface area contributed by atoms with Crippen LogP contribution in [-0.2, 0) is 16.1 Å². The fourth-order valence-electron chi connectivity index (χ4n) is 2.28. The number of amides is 1. The van der Waals surface area contributed by atoms with Crippen LogP contribution in [0.1, 0.15) is 22.8 Å². The van der Waals surface area contributed by atoms with Gasteiger partial charge in [-0.25, -0.2) is 4.39 Å². The molecule has 0 aliphatic rings. The molecule has 0 aliphatic carbocycles. The Bertz CT molecular complexity index is 754. The number of hydrogen-bond donors (Lipinski definition) is 1. The summed E-state index contributed by atoms with van der Waals surface area (Å²) in [5, 5.41) is 11.5. The monoisotopic (exact) mass is 328 g/mol. The second-order valence-corrected chi connectivity index (χ2v) is 5.00. The second kappa shape index (κ2) is 8.09. The van der Waals surface area contributed by atoms with E-state index in [0.29, 0.717) is 5.56 Å². The van der Waals surface area contributed by atoms with Crippen LogP contribution in [0.2, 0.25) is 0 Å². The summed E-state index contributed by atoms with van der Waals surface area (Å²) in [6, 6.07) is 13.1. The number of rotatable bonds is 6. The van der Waals surface area contributed by atoms with Crippen LogP contribution in [0.5, 0.6) is 5.75 Å². The summed E-state index contributed by atoms with van der Waals surface area (Å²) >= 11 is 0. The van der Waals surface area contributed by atoms with Crippen LogP contribution in [0.15, 0.2) is 42.5 Å². The Morgan fingerprint density at radius 1 is 1.25 bits per heavy atom. The fourth-order valence-corrected chi connectivity index (χ4v) is 2.28. The lowest BCUT2D eigenvalue weighted by Gasteiger charge is -2.18. The lowest BCUT2D eigenvalue weighted by Crippen LogP contribution is -2.30. The van der Waals surface area contributed by atoms with Crippen molar-refractivity contribution in [2.45, 2.75) is 12.6 Å². The molecule has 1 amide bonds. The summed E-state index contributed by atoms with van der Waals surface area (Å²) in [5.74, 6) is -0.810. The van der Waals surface area contributed by atoms with Crippen LogP contribution in [0.4, 0.5) is 4.39 Å². The highest BCUT2D eigenvalue weighted by Crippen LogP contribution is 2.30. The number of nitrogens with one attached hydrogen (secondary N) is 1. The van der Waals surface area contributed by atoms with Crippen molar-refractivity contribution in [2.75, 3.05) is 14.2 Å². The maximum absolute atomic E-state index is 14.1. The van der Waals surface area contributed by atoms with Gasteiger partial charge in [-0.2, -0.15) is 5.26 Å². The minimum Gasteiger partial charge on any atom is -0.496 e. The van der Waals surface area contributed by atoms with Crippen molar-refractivity contribution in [1.29, 1.82) is 5.26 Å². The molecule has 0 spiro atoms. The molecule has 5 nitrogen and oxygen atoms in total. The summed E-state index contributed by atoms with van der Waals surface area (Å²) in [6.45, 7) is 0.237. The third-order valence-corrected chi connectivity index (χ3v) is 3.52. The molecule has 1 N–H and O–H groups in total. The molecule has 0 heterocycles. The van der Waals surface area contributed by atoms with Crippen LogP contribution >= 0.6 is 0 Å². The first-order valence-corrected chi connectivity index (χ1v) is 7.22. The van der Waals surface area contributed by atoms with Gasteiger partial charge in [0.1, 0.15) is 11.6 Å². The molecule has 24 heavy (non-hydrogen) atoms. The molecule has 0 radical (unpaired) electrons. The number of carbonyl (C=O) groups is 1. The molecule has 0 bridgehead atoms. The van der Waals surface area contributed by atoms with Crippen molar-refractivity contribution < 1.29 is 18.7 Å². The topological polar surface area (TPSA) is 71.3 Å². The van der Waals surface area contributed by atoms with Gasteiger partial charge in [-0.3, -0.25) is 4.79 Å². The first-order valence-electron chi connectivity index (χ1n) is 7.22.